The molecule has 2 aliphatic carbocycles. The second-order valence-corrected chi connectivity index (χ2v) is 7.38. The third-order valence-corrected chi connectivity index (χ3v) is 5.75. The fourth-order valence-electron chi connectivity index (χ4n) is 4.55. The van der Waals surface area contributed by atoms with Crippen LogP contribution in [-0.2, 0) is 0 Å². The Morgan fingerprint density at radius 1 is 0.895 bits per heavy atom. The van der Waals surface area contributed by atoms with Crippen molar-refractivity contribution in [3.05, 3.63) is 0 Å². The van der Waals surface area contributed by atoms with Crippen LogP contribution in [0, 0.1) is 17.8 Å². The SMILES string of the molecule is CCC(NC1CCCCC1C1CCCCC1)C(C)C. The van der Waals surface area contributed by atoms with Crippen LogP contribution < -0.4 is 5.32 Å². The Bertz CT molecular complexity index is 242. The highest BCUT2D eigenvalue weighted by Gasteiger charge is 2.33. The number of hydrogen-bond donors (Lipinski definition) is 1. The average Bonchev–Trinajstić information content (AvgIpc) is 2.45. The Morgan fingerprint density at radius 2 is 1.53 bits per heavy atom. The van der Waals surface area contributed by atoms with Gasteiger partial charge in [-0.2, -0.15) is 0 Å². The van der Waals surface area contributed by atoms with Gasteiger partial charge in [0.15, 0.2) is 0 Å². The molecule has 2 aliphatic rings. The van der Waals surface area contributed by atoms with E-state index in [1.54, 1.807) is 0 Å². The van der Waals surface area contributed by atoms with Crippen molar-refractivity contribution in [3.63, 3.8) is 0 Å². The molecule has 2 saturated carbocycles. The first-order valence-corrected chi connectivity index (χ1v) is 8.98. The third-order valence-electron chi connectivity index (χ3n) is 5.75. The highest BCUT2D eigenvalue weighted by Crippen LogP contribution is 2.38. The van der Waals surface area contributed by atoms with E-state index in [4.69, 9.17) is 0 Å². The fraction of sp³-hybridized carbons (Fsp3) is 1.00. The summed E-state index contributed by atoms with van der Waals surface area (Å²) in [5, 5.41) is 4.05. The van der Waals surface area contributed by atoms with E-state index in [0.29, 0.717) is 0 Å². The maximum atomic E-state index is 4.05. The molecule has 3 unspecified atom stereocenters. The van der Waals surface area contributed by atoms with Gasteiger partial charge in [0.05, 0.1) is 0 Å². The molecule has 1 heteroatoms. The van der Waals surface area contributed by atoms with E-state index in [9.17, 15) is 0 Å². The van der Waals surface area contributed by atoms with Crippen LogP contribution in [0.5, 0.6) is 0 Å². The van der Waals surface area contributed by atoms with Gasteiger partial charge in [-0.25, -0.2) is 0 Å². The predicted molar refractivity (Wildman–Crippen MR) is 84.4 cm³/mol. The Hall–Kier alpha value is -0.0400. The lowest BCUT2D eigenvalue weighted by atomic mass is 9.70. The van der Waals surface area contributed by atoms with Crippen LogP contribution in [-0.4, -0.2) is 12.1 Å². The first-order chi connectivity index (χ1) is 9.22. The normalized spacial score (nSPS) is 31.6. The van der Waals surface area contributed by atoms with Crippen molar-refractivity contribution in [1.82, 2.24) is 5.32 Å². The zero-order valence-electron chi connectivity index (χ0n) is 13.5. The molecule has 0 aromatic heterocycles. The largest absolute Gasteiger partial charge is 0.311 e. The molecule has 19 heavy (non-hydrogen) atoms. The molecule has 0 radical (unpaired) electrons. The molecule has 0 spiro atoms. The minimum atomic E-state index is 0.731. The average molecular weight is 265 g/mol. The summed E-state index contributed by atoms with van der Waals surface area (Å²) in [5.74, 6) is 2.80. The molecule has 1 N–H and O–H groups in total. The minimum Gasteiger partial charge on any atom is -0.311 e. The van der Waals surface area contributed by atoms with Gasteiger partial charge in [0, 0.05) is 12.1 Å². The zero-order valence-corrected chi connectivity index (χ0v) is 13.5. The second kappa shape index (κ2) is 7.67. The van der Waals surface area contributed by atoms with E-state index < -0.39 is 0 Å². The molecule has 0 heterocycles. The van der Waals surface area contributed by atoms with E-state index in [1.807, 2.05) is 0 Å². The van der Waals surface area contributed by atoms with Gasteiger partial charge in [0.2, 0.25) is 0 Å². The van der Waals surface area contributed by atoms with Crippen LogP contribution in [0.4, 0.5) is 0 Å². The molecule has 0 amide bonds. The molecule has 2 fully saturated rings. The van der Waals surface area contributed by atoms with Gasteiger partial charge in [0.1, 0.15) is 0 Å². The molecule has 0 aromatic carbocycles. The molecular formula is C18H35N. The summed E-state index contributed by atoms with van der Waals surface area (Å²) in [7, 11) is 0. The number of rotatable bonds is 5. The quantitative estimate of drug-likeness (QED) is 0.725. The molecule has 112 valence electrons. The summed E-state index contributed by atoms with van der Waals surface area (Å²) in [6.45, 7) is 7.09. The van der Waals surface area contributed by atoms with Crippen molar-refractivity contribution in [1.29, 1.82) is 0 Å². The maximum absolute atomic E-state index is 4.05. The summed E-state index contributed by atoms with van der Waals surface area (Å²) in [5.41, 5.74) is 0. The van der Waals surface area contributed by atoms with Gasteiger partial charge in [0.25, 0.3) is 0 Å². The van der Waals surface area contributed by atoms with Gasteiger partial charge >= 0.3 is 0 Å². The van der Waals surface area contributed by atoms with Crippen molar-refractivity contribution in [3.8, 4) is 0 Å². The Balaban J connectivity index is 1.94. The summed E-state index contributed by atoms with van der Waals surface area (Å²) >= 11 is 0. The highest BCUT2D eigenvalue weighted by atomic mass is 15.0. The third kappa shape index (κ3) is 4.21. The van der Waals surface area contributed by atoms with E-state index in [0.717, 1.165) is 29.8 Å². The van der Waals surface area contributed by atoms with E-state index >= 15 is 0 Å². The molecule has 3 atom stereocenters. The van der Waals surface area contributed by atoms with E-state index in [2.05, 4.69) is 26.1 Å². The Labute approximate surface area is 120 Å². The zero-order chi connectivity index (χ0) is 13.7. The van der Waals surface area contributed by atoms with Gasteiger partial charge < -0.3 is 5.32 Å². The topological polar surface area (TPSA) is 12.0 Å². The van der Waals surface area contributed by atoms with Gasteiger partial charge in [-0.05, 0) is 37.0 Å². The van der Waals surface area contributed by atoms with Crippen molar-refractivity contribution in [2.24, 2.45) is 17.8 Å². The van der Waals surface area contributed by atoms with Gasteiger partial charge in [-0.1, -0.05) is 65.7 Å². The molecule has 1 nitrogen and oxygen atoms in total. The van der Waals surface area contributed by atoms with Crippen LogP contribution in [0.3, 0.4) is 0 Å². The smallest absolute Gasteiger partial charge is 0.0101 e. The highest BCUT2D eigenvalue weighted by molar-refractivity contribution is 4.89. The Morgan fingerprint density at radius 3 is 2.16 bits per heavy atom. The molecular weight excluding hydrogens is 230 g/mol. The van der Waals surface area contributed by atoms with Gasteiger partial charge in [-0.15, -0.1) is 0 Å². The monoisotopic (exact) mass is 265 g/mol. The van der Waals surface area contributed by atoms with E-state index in [1.165, 1.54) is 64.2 Å². The molecule has 0 saturated heterocycles. The standard InChI is InChI=1S/C18H35N/c1-4-17(14(2)3)19-18-13-9-8-12-16(18)15-10-6-5-7-11-15/h14-19H,4-13H2,1-3H3. The molecule has 0 bridgehead atoms. The fourth-order valence-corrected chi connectivity index (χ4v) is 4.55. The summed E-state index contributed by atoms with van der Waals surface area (Å²) in [6.07, 6.45) is 14.7. The lowest BCUT2D eigenvalue weighted by molar-refractivity contribution is 0.134. The van der Waals surface area contributed by atoms with Crippen molar-refractivity contribution >= 4 is 0 Å². The van der Waals surface area contributed by atoms with Crippen molar-refractivity contribution in [2.45, 2.75) is 97.1 Å². The molecule has 0 aliphatic heterocycles. The first-order valence-electron chi connectivity index (χ1n) is 8.98. The summed E-state index contributed by atoms with van der Waals surface area (Å²) < 4.78 is 0. The maximum Gasteiger partial charge on any atom is 0.0101 e. The first kappa shape index (κ1) is 15.4. The molecule has 2 rings (SSSR count). The van der Waals surface area contributed by atoms with Crippen LogP contribution in [0.15, 0.2) is 0 Å². The van der Waals surface area contributed by atoms with Crippen LogP contribution in [0.25, 0.3) is 0 Å². The summed E-state index contributed by atoms with van der Waals surface area (Å²) in [4.78, 5) is 0. The molecule has 0 aromatic rings. The van der Waals surface area contributed by atoms with Crippen LogP contribution in [0.2, 0.25) is 0 Å². The second-order valence-electron chi connectivity index (χ2n) is 7.38. The number of hydrogen-bond acceptors (Lipinski definition) is 1. The summed E-state index contributed by atoms with van der Waals surface area (Å²) in [6, 6.07) is 1.55. The van der Waals surface area contributed by atoms with Gasteiger partial charge in [-0.3, -0.25) is 0 Å². The Kier molecular flexibility index (Phi) is 6.19. The van der Waals surface area contributed by atoms with E-state index in [-0.39, 0.29) is 0 Å². The predicted octanol–water partition coefficient (Wildman–Crippen LogP) is 5.15. The number of nitrogens with one attached hydrogen (secondary N) is 1. The lowest BCUT2D eigenvalue weighted by Gasteiger charge is -2.41. The van der Waals surface area contributed by atoms with Crippen LogP contribution in [0.1, 0.15) is 85.0 Å². The van der Waals surface area contributed by atoms with Crippen molar-refractivity contribution < 1.29 is 0 Å². The minimum absolute atomic E-state index is 0.731. The van der Waals surface area contributed by atoms with Crippen molar-refractivity contribution in [2.75, 3.05) is 0 Å². The van der Waals surface area contributed by atoms with Crippen LogP contribution >= 0.6 is 0 Å². The lowest BCUT2D eigenvalue weighted by Crippen LogP contribution is -2.48.